The second-order valence-corrected chi connectivity index (χ2v) is 11.9. The number of rotatable bonds is 8. The number of aromatic nitrogens is 2. The fraction of sp³-hybridized carbons (Fsp3) is 0.355. The smallest absolute Gasteiger partial charge is 0.310 e. The number of esters is 1. The molecular weight excluding hydrogens is 513 g/mol. The molecule has 2 aromatic heterocycles. The Morgan fingerprint density at radius 3 is 2.49 bits per heavy atom. The SMILES string of the molecule is CC(C)(C)S.COC(=O)Cc1ccc(F)cc1OCc1cc(-c2ccnc(CN)c2)c2ccn(C(C)C)c2c1. The Morgan fingerprint density at radius 2 is 1.85 bits per heavy atom. The van der Waals surface area contributed by atoms with E-state index in [1.165, 1.54) is 19.2 Å². The number of nitrogens with zero attached hydrogens (tertiary/aromatic N) is 2. The molecule has 6 nitrogen and oxygen atoms in total. The lowest BCUT2D eigenvalue weighted by Crippen LogP contribution is -2.07. The molecule has 0 aliphatic carbocycles. The molecule has 0 amide bonds. The number of nitrogens with two attached hydrogens (primary N) is 1. The first-order valence-electron chi connectivity index (χ1n) is 12.9. The fourth-order valence-electron chi connectivity index (χ4n) is 4.05. The van der Waals surface area contributed by atoms with E-state index in [2.05, 4.69) is 81.2 Å². The van der Waals surface area contributed by atoms with Gasteiger partial charge in [0.2, 0.25) is 0 Å². The Bertz CT molecular complexity index is 1420. The number of methoxy groups -OCH3 is 1. The highest BCUT2D eigenvalue weighted by Gasteiger charge is 2.15. The van der Waals surface area contributed by atoms with Crippen molar-refractivity contribution in [1.82, 2.24) is 9.55 Å². The van der Waals surface area contributed by atoms with Crippen molar-refractivity contribution in [2.45, 2.75) is 65.0 Å². The zero-order valence-electron chi connectivity index (χ0n) is 23.5. The lowest BCUT2D eigenvalue weighted by atomic mass is 9.99. The minimum atomic E-state index is -0.431. The molecule has 0 aliphatic rings. The quantitative estimate of drug-likeness (QED) is 0.184. The summed E-state index contributed by atoms with van der Waals surface area (Å²) in [6, 6.07) is 14.6. The van der Waals surface area contributed by atoms with Crippen molar-refractivity contribution in [1.29, 1.82) is 0 Å². The standard InChI is InChI=1S/C27H28FN3O3.C4H10S/c1-17(2)31-9-7-23-24(19-6-8-30-22(12-19)15-29)10-18(11-25(23)31)16-34-26-14-21(28)5-4-20(26)13-27(32)33-3;1-4(2,3)5/h4-12,14,17H,13,15-16,29H2,1-3H3;5H,1-3H3. The summed E-state index contributed by atoms with van der Waals surface area (Å²) in [5.74, 6) is -0.525. The minimum Gasteiger partial charge on any atom is -0.488 e. The van der Waals surface area contributed by atoms with Crippen LogP contribution >= 0.6 is 12.6 Å². The van der Waals surface area contributed by atoms with Gasteiger partial charge >= 0.3 is 5.97 Å². The van der Waals surface area contributed by atoms with Gasteiger partial charge in [-0.2, -0.15) is 12.6 Å². The van der Waals surface area contributed by atoms with Crippen LogP contribution in [-0.4, -0.2) is 27.4 Å². The number of carbonyl (C=O) groups excluding carboxylic acids is 1. The van der Waals surface area contributed by atoms with Crippen LogP contribution in [0.1, 0.15) is 57.5 Å². The third kappa shape index (κ3) is 8.57. The van der Waals surface area contributed by atoms with E-state index in [9.17, 15) is 9.18 Å². The highest BCUT2D eigenvalue weighted by atomic mass is 32.1. The number of thiol groups is 1. The van der Waals surface area contributed by atoms with Crippen molar-refractivity contribution in [2.75, 3.05) is 7.11 Å². The first-order chi connectivity index (χ1) is 18.4. The topological polar surface area (TPSA) is 79.4 Å². The van der Waals surface area contributed by atoms with E-state index < -0.39 is 11.8 Å². The maximum Gasteiger partial charge on any atom is 0.310 e. The molecular formula is C31H38FN3O3S. The van der Waals surface area contributed by atoms with Crippen molar-refractivity contribution < 1.29 is 18.7 Å². The summed E-state index contributed by atoms with van der Waals surface area (Å²) in [7, 11) is 1.32. The van der Waals surface area contributed by atoms with Crippen LogP contribution in [0.5, 0.6) is 5.75 Å². The van der Waals surface area contributed by atoms with E-state index in [0.29, 0.717) is 17.9 Å². The molecule has 0 spiro atoms. The van der Waals surface area contributed by atoms with Gasteiger partial charge in [-0.15, -0.1) is 0 Å². The summed E-state index contributed by atoms with van der Waals surface area (Å²) in [4.78, 5) is 16.1. The maximum atomic E-state index is 13.9. The number of hydrogen-bond acceptors (Lipinski definition) is 6. The second-order valence-electron chi connectivity index (χ2n) is 10.6. The van der Waals surface area contributed by atoms with Crippen LogP contribution < -0.4 is 10.5 Å². The fourth-order valence-corrected chi connectivity index (χ4v) is 4.05. The van der Waals surface area contributed by atoms with Crippen LogP contribution in [0.25, 0.3) is 22.0 Å². The van der Waals surface area contributed by atoms with Crippen molar-refractivity contribution >= 4 is 29.5 Å². The molecule has 4 aromatic rings. The first-order valence-corrected chi connectivity index (χ1v) is 13.3. The average Bonchev–Trinajstić information content (AvgIpc) is 3.31. The van der Waals surface area contributed by atoms with Crippen LogP contribution in [-0.2, 0) is 29.1 Å². The Labute approximate surface area is 235 Å². The zero-order chi connectivity index (χ0) is 28.7. The van der Waals surface area contributed by atoms with Gasteiger partial charge in [0.05, 0.1) is 19.2 Å². The van der Waals surface area contributed by atoms with E-state index in [1.54, 1.807) is 12.3 Å². The van der Waals surface area contributed by atoms with Crippen molar-refractivity contribution in [3.8, 4) is 16.9 Å². The van der Waals surface area contributed by atoms with Crippen LogP contribution in [0.2, 0.25) is 0 Å². The zero-order valence-corrected chi connectivity index (χ0v) is 24.4. The summed E-state index contributed by atoms with van der Waals surface area (Å²) >= 11 is 4.12. The molecule has 0 unspecified atom stereocenters. The van der Waals surface area contributed by atoms with Crippen molar-refractivity contribution in [2.24, 2.45) is 5.73 Å². The molecule has 39 heavy (non-hydrogen) atoms. The summed E-state index contributed by atoms with van der Waals surface area (Å²) < 4.78 is 27.1. The van der Waals surface area contributed by atoms with E-state index in [1.807, 2.05) is 12.1 Å². The van der Waals surface area contributed by atoms with Crippen LogP contribution in [0, 0.1) is 5.82 Å². The van der Waals surface area contributed by atoms with Gasteiger partial charge < -0.3 is 19.8 Å². The lowest BCUT2D eigenvalue weighted by molar-refractivity contribution is -0.139. The van der Waals surface area contributed by atoms with Gasteiger partial charge in [0, 0.05) is 52.3 Å². The van der Waals surface area contributed by atoms with E-state index in [-0.39, 0.29) is 23.8 Å². The normalized spacial score (nSPS) is 11.3. The van der Waals surface area contributed by atoms with Crippen molar-refractivity contribution in [3.63, 3.8) is 0 Å². The molecule has 0 saturated heterocycles. The van der Waals surface area contributed by atoms with Crippen LogP contribution in [0.3, 0.4) is 0 Å². The Hall–Kier alpha value is -3.36. The van der Waals surface area contributed by atoms with Crippen LogP contribution in [0.4, 0.5) is 4.39 Å². The van der Waals surface area contributed by atoms with Gasteiger partial charge in [0.15, 0.2) is 0 Å². The first kappa shape index (κ1) is 30.2. The molecule has 0 saturated carbocycles. The molecule has 208 valence electrons. The lowest BCUT2D eigenvalue weighted by Gasteiger charge is -2.15. The van der Waals surface area contributed by atoms with E-state index >= 15 is 0 Å². The predicted molar refractivity (Wildman–Crippen MR) is 159 cm³/mol. The number of hydrogen-bond donors (Lipinski definition) is 2. The number of benzene rings is 2. The molecule has 8 heteroatoms. The maximum absolute atomic E-state index is 13.9. The summed E-state index contributed by atoms with van der Waals surface area (Å²) in [5.41, 5.74) is 11.2. The van der Waals surface area contributed by atoms with Gasteiger partial charge in [0.1, 0.15) is 18.2 Å². The molecule has 4 rings (SSSR count). The summed E-state index contributed by atoms with van der Waals surface area (Å²) in [5, 5.41) is 1.11. The average molecular weight is 552 g/mol. The monoisotopic (exact) mass is 551 g/mol. The highest BCUT2D eigenvalue weighted by Crippen LogP contribution is 2.33. The van der Waals surface area contributed by atoms with E-state index in [4.69, 9.17) is 15.2 Å². The number of fused-ring (bicyclic) bond motifs is 1. The third-order valence-corrected chi connectivity index (χ3v) is 5.78. The summed E-state index contributed by atoms with van der Waals surface area (Å²) in [6.07, 6.45) is 3.85. The third-order valence-electron chi connectivity index (χ3n) is 5.78. The van der Waals surface area contributed by atoms with Crippen molar-refractivity contribution in [3.05, 3.63) is 83.6 Å². The molecule has 0 radical (unpaired) electrons. The summed E-state index contributed by atoms with van der Waals surface area (Å²) in [6.45, 7) is 11.0. The second kappa shape index (κ2) is 13.1. The number of pyridine rings is 1. The Balaban J connectivity index is 0.000000771. The van der Waals surface area contributed by atoms with Gasteiger partial charge in [-0.3, -0.25) is 9.78 Å². The Morgan fingerprint density at radius 1 is 1.13 bits per heavy atom. The number of ether oxygens (including phenoxy) is 2. The molecule has 0 atom stereocenters. The number of carbonyl (C=O) groups is 1. The molecule has 2 aromatic carbocycles. The molecule has 0 bridgehead atoms. The van der Waals surface area contributed by atoms with Gasteiger partial charge in [-0.1, -0.05) is 26.8 Å². The number of halogens is 1. The predicted octanol–water partition coefficient (Wildman–Crippen LogP) is 6.89. The Kier molecular flexibility index (Phi) is 10.2. The van der Waals surface area contributed by atoms with Crippen LogP contribution in [0.15, 0.2) is 60.9 Å². The minimum absolute atomic E-state index is 0.00544. The molecule has 0 fully saturated rings. The molecule has 2 heterocycles. The molecule has 2 N–H and O–H groups in total. The largest absolute Gasteiger partial charge is 0.488 e. The molecule has 0 aliphatic heterocycles. The van der Waals surface area contributed by atoms with E-state index in [0.717, 1.165) is 33.3 Å². The van der Waals surface area contributed by atoms with Gasteiger partial charge in [0.25, 0.3) is 0 Å². The van der Waals surface area contributed by atoms with Gasteiger partial charge in [-0.25, -0.2) is 4.39 Å². The van der Waals surface area contributed by atoms with Gasteiger partial charge in [-0.05, 0) is 66.9 Å². The highest BCUT2D eigenvalue weighted by molar-refractivity contribution is 7.81.